The van der Waals surface area contributed by atoms with Gasteiger partial charge in [0.1, 0.15) is 17.2 Å². The monoisotopic (exact) mass is 392 g/mol. The minimum Gasteiger partial charge on any atom is -0.496 e. The zero-order chi connectivity index (χ0) is 20.0. The van der Waals surface area contributed by atoms with Gasteiger partial charge in [0.2, 0.25) is 5.91 Å². The van der Waals surface area contributed by atoms with E-state index in [1.54, 1.807) is 0 Å². The average molecular weight is 392 g/mol. The minimum atomic E-state index is -1.57. The highest BCUT2D eigenvalue weighted by molar-refractivity contribution is 7.84. The first kappa shape index (κ1) is 20.0. The molecule has 2 N–H and O–H groups in total. The molecule has 0 spiro atoms. The number of nitrogens with zero attached hydrogens (tertiary/aromatic N) is 1. The maximum absolute atomic E-state index is 12.1. The second kappa shape index (κ2) is 8.90. The van der Waals surface area contributed by atoms with Gasteiger partial charge in [-0.1, -0.05) is 12.1 Å². The van der Waals surface area contributed by atoms with Crippen LogP contribution >= 0.6 is 0 Å². The Morgan fingerprint density at radius 1 is 1.22 bits per heavy atom. The van der Waals surface area contributed by atoms with Gasteiger partial charge in [-0.05, 0) is 29.8 Å². The number of carbonyl (C=O) groups is 2. The second-order valence-corrected chi connectivity index (χ2v) is 6.88. The Balaban J connectivity index is 2.00. The summed E-state index contributed by atoms with van der Waals surface area (Å²) in [5, 5.41) is 22.3. The van der Waals surface area contributed by atoms with Gasteiger partial charge in [0, 0.05) is 16.6 Å². The molecule has 0 bridgehead atoms. The first-order chi connectivity index (χ1) is 12.8. The summed E-state index contributed by atoms with van der Waals surface area (Å²) in [6, 6.07) is 9.79. The molecule has 0 fully saturated rings. The van der Waals surface area contributed by atoms with Gasteiger partial charge in [0.15, 0.2) is 0 Å². The zero-order valence-corrected chi connectivity index (χ0v) is 15.0. The summed E-state index contributed by atoms with van der Waals surface area (Å²) in [5.74, 6) is -1.73. The molecule has 1 amide bonds. The lowest BCUT2D eigenvalue weighted by molar-refractivity contribution is -0.384. The first-order valence-electron chi connectivity index (χ1n) is 7.59. The summed E-state index contributed by atoms with van der Waals surface area (Å²) in [5.41, 5.74) is 0.363. The molecule has 2 rings (SSSR count). The summed E-state index contributed by atoms with van der Waals surface area (Å²) in [7, 11) is -0.205. The van der Waals surface area contributed by atoms with Crippen LogP contribution in [0.1, 0.15) is 15.9 Å². The van der Waals surface area contributed by atoms with E-state index in [1.807, 2.05) is 0 Å². The summed E-state index contributed by atoms with van der Waals surface area (Å²) < 4.78 is 17.0. The Bertz CT molecular complexity index is 897. The van der Waals surface area contributed by atoms with Gasteiger partial charge in [-0.25, -0.2) is 4.79 Å². The number of carboxylic acids is 1. The maximum Gasteiger partial charge on any atom is 0.335 e. The topological polar surface area (TPSA) is 136 Å². The number of carboxylic acid groups (broad SMARTS) is 1. The Morgan fingerprint density at radius 2 is 1.89 bits per heavy atom. The SMILES string of the molecule is COc1ccc(NC(=O)CS(=O)Cc2ccc(C(=O)O)cc2)c([N+](=O)[O-])c1. The molecule has 10 heteroatoms. The molecule has 1 atom stereocenters. The smallest absolute Gasteiger partial charge is 0.335 e. The maximum atomic E-state index is 12.1. The zero-order valence-electron chi connectivity index (χ0n) is 14.2. The van der Waals surface area contributed by atoms with Gasteiger partial charge < -0.3 is 15.2 Å². The Kier molecular flexibility index (Phi) is 6.61. The minimum absolute atomic E-state index is 0.0198. The molecule has 2 aromatic carbocycles. The molecule has 142 valence electrons. The van der Waals surface area contributed by atoms with Crippen molar-refractivity contribution in [2.24, 2.45) is 0 Å². The van der Waals surface area contributed by atoms with E-state index in [2.05, 4.69) is 5.32 Å². The molecule has 0 heterocycles. The molecule has 0 radical (unpaired) electrons. The van der Waals surface area contributed by atoms with Crippen LogP contribution in [0.25, 0.3) is 0 Å². The molecule has 0 saturated heterocycles. The third-order valence-corrected chi connectivity index (χ3v) is 4.74. The van der Waals surface area contributed by atoms with Crippen LogP contribution in [0, 0.1) is 10.1 Å². The number of hydrogen-bond acceptors (Lipinski definition) is 6. The van der Waals surface area contributed by atoms with E-state index in [4.69, 9.17) is 9.84 Å². The molecule has 27 heavy (non-hydrogen) atoms. The van der Waals surface area contributed by atoms with Gasteiger partial charge in [-0.15, -0.1) is 0 Å². The van der Waals surface area contributed by atoms with Crippen LogP contribution in [0.3, 0.4) is 0 Å². The lowest BCUT2D eigenvalue weighted by atomic mass is 10.1. The number of nitro groups is 1. The van der Waals surface area contributed by atoms with Crippen molar-refractivity contribution in [3.63, 3.8) is 0 Å². The molecular weight excluding hydrogens is 376 g/mol. The van der Waals surface area contributed by atoms with E-state index in [1.165, 1.54) is 49.6 Å². The van der Waals surface area contributed by atoms with E-state index in [9.17, 15) is 23.9 Å². The summed E-state index contributed by atoms with van der Waals surface area (Å²) in [6.45, 7) is 0. The van der Waals surface area contributed by atoms with E-state index in [0.29, 0.717) is 5.56 Å². The normalized spacial score (nSPS) is 11.4. The highest BCUT2D eigenvalue weighted by atomic mass is 32.2. The molecule has 2 aromatic rings. The van der Waals surface area contributed by atoms with Crippen LogP contribution in [0.4, 0.5) is 11.4 Å². The summed E-state index contributed by atoms with van der Waals surface area (Å²) >= 11 is 0. The van der Waals surface area contributed by atoms with Gasteiger partial charge in [0.05, 0.1) is 23.7 Å². The highest BCUT2D eigenvalue weighted by Gasteiger charge is 2.18. The van der Waals surface area contributed by atoms with Gasteiger partial charge in [-0.3, -0.25) is 19.1 Å². The first-order valence-corrected chi connectivity index (χ1v) is 9.08. The molecule has 1 unspecified atom stereocenters. The van der Waals surface area contributed by atoms with Crippen LogP contribution in [0.5, 0.6) is 5.75 Å². The van der Waals surface area contributed by atoms with Crippen molar-refractivity contribution >= 4 is 34.1 Å². The molecule has 0 aliphatic rings. The number of benzene rings is 2. The number of methoxy groups -OCH3 is 1. The quantitative estimate of drug-likeness (QED) is 0.519. The Hall–Kier alpha value is -3.27. The fraction of sp³-hybridized carbons (Fsp3) is 0.176. The molecule has 0 saturated carbocycles. The number of carbonyl (C=O) groups excluding carboxylic acids is 1. The fourth-order valence-electron chi connectivity index (χ4n) is 2.21. The number of aromatic carboxylic acids is 1. The largest absolute Gasteiger partial charge is 0.496 e. The molecule has 0 aliphatic carbocycles. The summed E-state index contributed by atoms with van der Waals surface area (Å²) in [4.78, 5) is 33.3. The average Bonchev–Trinajstić information content (AvgIpc) is 2.62. The van der Waals surface area contributed by atoms with Gasteiger partial charge in [-0.2, -0.15) is 0 Å². The van der Waals surface area contributed by atoms with Crippen molar-refractivity contribution in [2.75, 3.05) is 18.2 Å². The van der Waals surface area contributed by atoms with Gasteiger partial charge >= 0.3 is 5.97 Å². The molecule has 9 nitrogen and oxygen atoms in total. The van der Waals surface area contributed by atoms with E-state index < -0.39 is 27.6 Å². The number of rotatable bonds is 8. The molecular formula is C17H16N2O7S. The highest BCUT2D eigenvalue weighted by Crippen LogP contribution is 2.28. The Labute approximate surface area is 156 Å². The van der Waals surface area contributed by atoms with Crippen molar-refractivity contribution in [3.8, 4) is 5.75 Å². The number of amides is 1. The van der Waals surface area contributed by atoms with Crippen molar-refractivity contribution in [1.29, 1.82) is 0 Å². The van der Waals surface area contributed by atoms with E-state index in [0.717, 1.165) is 0 Å². The van der Waals surface area contributed by atoms with Crippen molar-refractivity contribution in [2.45, 2.75) is 5.75 Å². The third-order valence-electron chi connectivity index (χ3n) is 3.50. The number of nitro benzene ring substituents is 1. The second-order valence-electron chi connectivity index (χ2n) is 5.42. The molecule has 0 aliphatic heterocycles. The van der Waals surface area contributed by atoms with Crippen molar-refractivity contribution in [1.82, 2.24) is 0 Å². The van der Waals surface area contributed by atoms with Gasteiger partial charge in [0.25, 0.3) is 5.69 Å². The lowest BCUT2D eigenvalue weighted by Gasteiger charge is -2.08. The van der Waals surface area contributed by atoms with Crippen LogP contribution in [0.15, 0.2) is 42.5 Å². The van der Waals surface area contributed by atoms with Crippen molar-refractivity contribution < 1.29 is 28.6 Å². The standard InChI is InChI=1S/C17H16N2O7S/c1-26-13-6-7-14(15(8-13)19(23)24)18-16(20)10-27(25)9-11-2-4-12(5-3-11)17(21)22/h2-8H,9-10H2,1H3,(H,18,20)(H,21,22). The van der Waals surface area contributed by atoms with E-state index >= 15 is 0 Å². The predicted molar refractivity (Wildman–Crippen MR) is 98.4 cm³/mol. The number of nitrogens with one attached hydrogen (secondary N) is 1. The van der Waals surface area contributed by atoms with Crippen LogP contribution in [0.2, 0.25) is 0 Å². The van der Waals surface area contributed by atoms with E-state index in [-0.39, 0.29) is 34.2 Å². The number of anilines is 1. The fourth-order valence-corrected chi connectivity index (χ4v) is 3.24. The number of ether oxygens (including phenoxy) is 1. The van der Waals surface area contributed by atoms with Crippen LogP contribution < -0.4 is 10.1 Å². The Morgan fingerprint density at radius 3 is 2.44 bits per heavy atom. The van der Waals surface area contributed by atoms with Crippen molar-refractivity contribution in [3.05, 3.63) is 63.7 Å². The number of hydrogen-bond donors (Lipinski definition) is 2. The summed E-state index contributed by atoms with van der Waals surface area (Å²) in [6.07, 6.45) is 0. The van der Waals surface area contributed by atoms with Crippen LogP contribution in [-0.2, 0) is 21.3 Å². The predicted octanol–water partition coefficient (Wildman–Crippen LogP) is 2.19. The van der Waals surface area contributed by atoms with Crippen LogP contribution in [-0.4, -0.2) is 39.0 Å². The molecule has 0 aromatic heterocycles. The third kappa shape index (κ3) is 5.61. The lowest BCUT2D eigenvalue weighted by Crippen LogP contribution is -2.20.